The third kappa shape index (κ3) is 2.86. The fraction of sp³-hybridized carbons (Fsp3) is 0.222. The molecule has 0 atom stereocenters. The van der Waals surface area contributed by atoms with E-state index in [1.165, 1.54) is 6.42 Å². The molecule has 0 saturated carbocycles. The van der Waals surface area contributed by atoms with Crippen LogP contribution in [0.2, 0.25) is 0 Å². The van der Waals surface area contributed by atoms with Gasteiger partial charge in [-0.05, 0) is 37.2 Å². The van der Waals surface area contributed by atoms with Crippen LogP contribution in [0.5, 0.6) is 0 Å². The normalized spacial score (nSPS) is 14.2. The molecule has 3 nitrogen and oxygen atoms in total. The highest BCUT2D eigenvalue weighted by atomic mass is 16.1. The Morgan fingerprint density at radius 1 is 1.14 bits per heavy atom. The van der Waals surface area contributed by atoms with Gasteiger partial charge in [-0.1, -0.05) is 36.4 Å². The standard InChI is InChI=1S/C18H16N2O/c19-12-14-5-3-7-15(11-14)18(21)17-8-2-1-6-16(17)13-20-9-4-10-20/h1-3,5-8,11H,4,9-10,13H2. The molecule has 2 aromatic carbocycles. The molecule has 1 aliphatic heterocycles. The molecule has 21 heavy (non-hydrogen) atoms. The Bertz CT molecular complexity index is 711. The SMILES string of the molecule is N#Cc1cccc(C(=O)c2ccccc2CN2CCC2)c1. The van der Waals surface area contributed by atoms with Crippen molar-refractivity contribution in [3.63, 3.8) is 0 Å². The molecule has 0 bridgehead atoms. The Balaban J connectivity index is 1.91. The average Bonchev–Trinajstić information content (AvgIpc) is 2.50. The van der Waals surface area contributed by atoms with Gasteiger partial charge in [-0.2, -0.15) is 5.26 Å². The summed E-state index contributed by atoms with van der Waals surface area (Å²) in [4.78, 5) is 15.0. The molecule has 0 unspecified atom stereocenters. The van der Waals surface area contributed by atoms with E-state index in [2.05, 4.69) is 11.0 Å². The van der Waals surface area contributed by atoms with Crippen LogP contribution in [-0.2, 0) is 6.54 Å². The first kappa shape index (κ1) is 13.5. The van der Waals surface area contributed by atoms with Gasteiger partial charge in [-0.15, -0.1) is 0 Å². The van der Waals surface area contributed by atoms with Crippen LogP contribution in [0.3, 0.4) is 0 Å². The first-order chi connectivity index (χ1) is 10.3. The van der Waals surface area contributed by atoms with E-state index < -0.39 is 0 Å². The van der Waals surface area contributed by atoms with Gasteiger partial charge in [0.2, 0.25) is 0 Å². The number of ketones is 1. The zero-order chi connectivity index (χ0) is 14.7. The third-order valence-corrected chi connectivity index (χ3v) is 3.86. The van der Waals surface area contributed by atoms with Crippen LogP contribution in [0.1, 0.15) is 33.5 Å². The Kier molecular flexibility index (Phi) is 3.81. The monoisotopic (exact) mass is 276 g/mol. The van der Waals surface area contributed by atoms with E-state index in [4.69, 9.17) is 5.26 Å². The van der Waals surface area contributed by atoms with Crippen LogP contribution < -0.4 is 0 Å². The van der Waals surface area contributed by atoms with Gasteiger partial charge >= 0.3 is 0 Å². The van der Waals surface area contributed by atoms with Crippen molar-refractivity contribution in [2.45, 2.75) is 13.0 Å². The summed E-state index contributed by atoms with van der Waals surface area (Å²) in [5.74, 6) is -0.0109. The van der Waals surface area contributed by atoms with Gasteiger partial charge in [0.15, 0.2) is 5.78 Å². The fourth-order valence-electron chi connectivity index (χ4n) is 2.55. The quantitative estimate of drug-likeness (QED) is 0.806. The largest absolute Gasteiger partial charge is 0.299 e. The first-order valence-corrected chi connectivity index (χ1v) is 7.13. The number of rotatable bonds is 4. The lowest BCUT2D eigenvalue weighted by atomic mass is 9.96. The lowest BCUT2D eigenvalue weighted by molar-refractivity contribution is 0.103. The van der Waals surface area contributed by atoms with Crippen molar-refractivity contribution in [2.75, 3.05) is 13.1 Å². The van der Waals surface area contributed by atoms with Gasteiger partial charge in [0.25, 0.3) is 0 Å². The number of hydrogen-bond donors (Lipinski definition) is 0. The Morgan fingerprint density at radius 2 is 1.95 bits per heavy atom. The molecule has 0 radical (unpaired) electrons. The van der Waals surface area contributed by atoms with Gasteiger partial charge in [-0.3, -0.25) is 9.69 Å². The Labute approximate surface area is 124 Å². The second kappa shape index (κ2) is 5.90. The predicted molar refractivity (Wildman–Crippen MR) is 80.9 cm³/mol. The number of carbonyl (C=O) groups is 1. The summed E-state index contributed by atoms with van der Waals surface area (Å²) in [6, 6.07) is 16.7. The van der Waals surface area contributed by atoms with E-state index in [0.29, 0.717) is 11.1 Å². The minimum Gasteiger partial charge on any atom is -0.299 e. The highest BCUT2D eigenvalue weighted by molar-refractivity contribution is 6.10. The molecule has 104 valence electrons. The first-order valence-electron chi connectivity index (χ1n) is 7.13. The van der Waals surface area contributed by atoms with Crippen LogP contribution in [0, 0.1) is 11.3 Å². The van der Waals surface area contributed by atoms with E-state index in [-0.39, 0.29) is 5.78 Å². The highest BCUT2D eigenvalue weighted by Crippen LogP contribution is 2.19. The molecule has 0 N–H and O–H groups in total. The smallest absolute Gasteiger partial charge is 0.193 e. The van der Waals surface area contributed by atoms with Crippen LogP contribution in [0.15, 0.2) is 48.5 Å². The van der Waals surface area contributed by atoms with Gasteiger partial charge in [0, 0.05) is 17.7 Å². The Morgan fingerprint density at radius 3 is 2.67 bits per heavy atom. The second-order valence-corrected chi connectivity index (χ2v) is 5.31. The van der Waals surface area contributed by atoms with Crippen LogP contribution >= 0.6 is 0 Å². The molecule has 0 aliphatic carbocycles. The second-order valence-electron chi connectivity index (χ2n) is 5.31. The van der Waals surface area contributed by atoms with E-state index in [1.807, 2.05) is 24.3 Å². The molecule has 1 aliphatic rings. The molecule has 0 amide bonds. The minimum absolute atomic E-state index is 0.0109. The highest BCUT2D eigenvalue weighted by Gasteiger charge is 2.18. The van der Waals surface area contributed by atoms with E-state index in [0.717, 1.165) is 30.8 Å². The van der Waals surface area contributed by atoms with Crippen molar-refractivity contribution in [3.8, 4) is 6.07 Å². The minimum atomic E-state index is -0.0109. The zero-order valence-electron chi connectivity index (χ0n) is 11.7. The number of nitriles is 1. The van der Waals surface area contributed by atoms with Gasteiger partial charge < -0.3 is 0 Å². The van der Waals surface area contributed by atoms with Crippen molar-refractivity contribution in [1.82, 2.24) is 4.90 Å². The van der Waals surface area contributed by atoms with Crippen LogP contribution in [0.4, 0.5) is 0 Å². The maximum Gasteiger partial charge on any atom is 0.193 e. The van der Waals surface area contributed by atoms with Gasteiger partial charge in [-0.25, -0.2) is 0 Å². The summed E-state index contributed by atoms with van der Waals surface area (Å²) in [5.41, 5.74) is 2.88. The van der Waals surface area contributed by atoms with Crippen LogP contribution in [0.25, 0.3) is 0 Å². The molecule has 3 rings (SSSR count). The molecule has 1 fully saturated rings. The van der Waals surface area contributed by atoms with Crippen molar-refractivity contribution in [2.24, 2.45) is 0 Å². The number of likely N-dealkylation sites (tertiary alicyclic amines) is 1. The van der Waals surface area contributed by atoms with Gasteiger partial charge in [0.05, 0.1) is 11.6 Å². The lowest BCUT2D eigenvalue weighted by Crippen LogP contribution is -2.36. The summed E-state index contributed by atoms with van der Waals surface area (Å²) >= 11 is 0. The molecule has 1 heterocycles. The summed E-state index contributed by atoms with van der Waals surface area (Å²) in [7, 11) is 0. The molecule has 0 spiro atoms. The van der Waals surface area contributed by atoms with Crippen molar-refractivity contribution < 1.29 is 4.79 Å². The van der Waals surface area contributed by atoms with Crippen molar-refractivity contribution >= 4 is 5.78 Å². The molecule has 1 saturated heterocycles. The summed E-state index contributed by atoms with van der Waals surface area (Å²) in [5, 5.41) is 8.96. The van der Waals surface area contributed by atoms with Crippen LogP contribution in [-0.4, -0.2) is 23.8 Å². The Hall–Kier alpha value is -2.44. The van der Waals surface area contributed by atoms with Gasteiger partial charge in [0.1, 0.15) is 0 Å². The maximum absolute atomic E-state index is 12.7. The topological polar surface area (TPSA) is 44.1 Å². The number of hydrogen-bond acceptors (Lipinski definition) is 3. The third-order valence-electron chi connectivity index (χ3n) is 3.86. The number of nitrogens with zero attached hydrogens (tertiary/aromatic N) is 2. The van der Waals surface area contributed by atoms with E-state index in [9.17, 15) is 4.79 Å². The van der Waals surface area contributed by atoms with E-state index >= 15 is 0 Å². The molecule has 0 aromatic heterocycles. The van der Waals surface area contributed by atoms with E-state index in [1.54, 1.807) is 24.3 Å². The molecule has 2 aromatic rings. The summed E-state index contributed by atoms with van der Waals surface area (Å²) < 4.78 is 0. The summed E-state index contributed by atoms with van der Waals surface area (Å²) in [6.45, 7) is 3.03. The fourth-order valence-corrected chi connectivity index (χ4v) is 2.55. The maximum atomic E-state index is 12.7. The molecular formula is C18H16N2O. The van der Waals surface area contributed by atoms with Crippen molar-refractivity contribution in [3.05, 3.63) is 70.8 Å². The summed E-state index contributed by atoms with van der Waals surface area (Å²) in [6.07, 6.45) is 1.24. The number of benzene rings is 2. The molecule has 3 heteroatoms. The number of carbonyl (C=O) groups excluding carboxylic acids is 1. The zero-order valence-corrected chi connectivity index (χ0v) is 11.7. The molecular weight excluding hydrogens is 260 g/mol. The lowest BCUT2D eigenvalue weighted by Gasteiger charge is -2.31. The van der Waals surface area contributed by atoms with Crippen molar-refractivity contribution in [1.29, 1.82) is 5.26 Å². The average molecular weight is 276 g/mol. The predicted octanol–water partition coefficient (Wildman–Crippen LogP) is 2.99.